The van der Waals surface area contributed by atoms with Crippen LogP contribution in [0.5, 0.6) is 0 Å². The van der Waals surface area contributed by atoms with Crippen molar-refractivity contribution in [1.29, 1.82) is 0 Å². The Morgan fingerprint density at radius 2 is 1.71 bits per heavy atom. The number of para-hydroxylation sites is 1. The molecule has 124 valence electrons. The van der Waals surface area contributed by atoms with E-state index in [1.165, 1.54) is 0 Å². The standard InChI is InChI=1S/C20H22N2O2/c1-14(16-9-5-4-6-10-16)21-20(23)22(3)15(2)19-13-17-11-7-8-12-18(17)24-19/h4-15H,1-3H3,(H,21,23). The van der Waals surface area contributed by atoms with E-state index in [1.807, 2.05) is 74.5 Å². The molecule has 3 aromatic rings. The second kappa shape index (κ2) is 6.79. The molecule has 2 amide bonds. The summed E-state index contributed by atoms with van der Waals surface area (Å²) in [7, 11) is 1.78. The van der Waals surface area contributed by atoms with Crippen LogP contribution in [-0.4, -0.2) is 18.0 Å². The molecule has 4 heteroatoms. The molecule has 0 bridgehead atoms. The maximum absolute atomic E-state index is 12.5. The van der Waals surface area contributed by atoms with Gasteiger partial charge in [-0.05, 0) is 31.5 Å². The molecule has 0 saturated carbocycles. The normalized spacial score (nSPS) is 13.5. The number of amides is 2. The van der Waals surface area contributed by atoms with Gasteiger partial charge in [0, 0.05) is 12.4 Å². The second-order valence-electron chi connectivity index (χ2n) is 6.06. The van der Waals surface area contributed by atoms with Gasteiger partial charge in [0.05, 0.1) is 12.1 Å². The van der Waals surface area contributed by atoms with E-state index < -0.39 is 0 Å². The third-order valence-electron chi connectivity index (χ3n) is 4.40. The van der Waals surface area contributed by atoms with Crippen LogP contribution in [0.3, 0.4) is 0 Å². The second-order valence-corrected chi connectivity index (χ2v) is 6.06. The van der Waals surface area contributed by atoms with E-state index in [4.69, 9.17) is 4.42 Å². The van der Waals surface area contributed by atoms with Gasteiger partial charge in [-0.3, -0.25) is 0 Å². The van der Waals surface area contributed by atoms with Crippen LogP contribution < -0.4 is 5.32 Å². The lowest BCUT2D eigenvalue weighted by atomic mass is 10.1. The number of carbonyl (C=O) groups is 1. The average molecular weight is 322 g/mol. The van der Waals surface area contributed by atoms with Crippen molar-refractivity contribution in [3.8, 4) is 0 Å². The zero-order valence-corrected chi connectivity index (χ0v) is 14.2. The van der Waals surface area contributed by atoms with Gasteiger partial charge in [-0.2, -0.15) is 0 Å². The van der Waals surface area contributed by atoms with E-state index in [1.54, 1.807) is 11.9 Å². The topological polar surface area (TPSA) is 45.5 Å². The minimum Gasteiger partial charge on any atom is -0.459 e. The van der Waals surface area contributed by atoms with Gasteiger partial charge in [0.2, 0.25) is 0 Å². The van der Waals surface area contributed by atoms with Crippen molar-refractivity contribution >= 4 is 17.0 Å². The average Bonchev–Trinajstić information content (AvgIpc) is 3.05. The molecule has 24 heavy (non-hydrogen) atoms. The van der Waals surface area contributed by atoms with Crippen LogP contribution in [0.1, 0.15) is 37.3 Å². The molecule has 0 saturated heterocycles. The highest BCUT2D eigenvalue weighted by atomic mass is 16.3. The van der Waals surface area contributed by atoms with E-state index in [9.17, 15) is 4.79 Å². The van der Waals surface area contributed by atoms with Crippen molar-refractivity contribution in [2.45, 2.75) is 25.9 Å². The van der Waals surface area contributed by atoms with Gasteiger partial charge < -0.3 is 14.6 Å². The van der Waals surface area contributed by atoms with Crippen LogP contribution in [0.4, 0.5) is 4.79 Å². The molecule has 0 aliphatic heterocycles. The highest BCUT2D eigenvalue weighted by molar-refractivity contribution is 5.78. The summed E-state index contributed by atoms with van der Waals surface area (Å²) in [6, 6.07) is 19.4. The lowest BCUT2D eigenvalue weighted by Gasteiger charge is -2.26. The molecule has 4 nitrogen and oxygen atoms in total. The number of carbonyl (C=O) groups excluding carboxylic acids is 1. The Balaban J connectivity index is 1.70. The highest BCUT2D eigenvalue weighted by Crippen LogP contribution is 2.27. The number of rotatable bonds is 4. The van der Waals surface area contributed by atoms with Crippen LogP contribution in [-0.2, 0) is 0 Å². The summed E-state index contributed by atoms with van der Waals surface area (Å²) in [5.41, 5.74) is 1.92. The molecule has 0 radical (unpaired) electrons. The predicted molar refractivity (Wildman–Crippen MR) is 95.8 cm³/mol. The molecule has 0 fully saturated rings. The Labute approximate surface area is 142 Å². The van der Waals surface area contributed by atoms with Crippen molar-refractivity contribution in [2.75, 3.05) is 7.05 Å². The first-order valence-corrected chi connectivity index (χ1v) is 8.13. The monoisotopic (exact) mass is 322 g/mol. The van der Waals surface area contributed by atoms with E-state index in [0.717, 1.165) is 22.3 Å². The quantitative estimate of drug-likeness (QED) is 0.743. The first kappa shape index (κ1) is 16.1. The molecule has 2 aromatic carbocycles. The molecule has 1 aromatic heterocycles. The van der Waals surface area contributed by atoms with E-state index in [0.29, 0.717) is 0 Å². The van der Waals surface area contributed by atoms with E-state index >= 15 is 0 Å². The maximum atomic E-state index is 12.5. The van der Waals surface area contributed by atoms with Crippen molar-refractivity contribution in [3.63, 3.8) is 0 Å². The third kappa shape index (κ3) is 3.27. The smallest absolute Gasteiger partial charge is 0.318 e. The molecule has 1 heterocycles. The predicted octanol–water partition coefficient (Wildman–Crippen LogP) is 4.90. The van der Waals surface area contributed by atoms with E-state index in [2.05, 4.69) is 5.32 Å². The largest absolute Gasteiger partial charge is 0.459 e. The van der Waals surface area contributed by atoms with Crippen molar-refractivity contribution in [2.24, 2.45) is 0 Å². The Morgan fingerprint density at radius 1 is 1.04 bits per heavy atom. The Kier molecular flexibility index (Phi) is 4.56. The summed E-state index contributed by atoms with van der Waals surface area (Å²) in [4.78, 5) is 14.2. The number of furan rings is 1. The molecule has 2 atom stereocenters. The zero-order valence-electron chi connectivity index (χ0n) is 14.2. The summed E-state index contributed by atoms with van der Waals surface area (Å²) in [6.45, 7) is 3.94. The van der Waals surface area contributed by atoms with Crippen molar-refractivity contribution in [3.05, 3.63) is 72.0 Å². The van der Waals surface area contributed by atoms with Gasteiger partial charge >= 0.3 is 6.03 Å². The molecular formula is C20H22N2O2. The Hall–Kier alpha value is -2.75. The SMILES string of the molecule is CC(NC(=O)N(C)C(C)c1cc2ccccc2o1)c1ccccc1. The Bertz CT molecular complexity index is 793. The van der Waals surface area contributed by atoms with Crippen LogP contribution in [0.15, 0.2) is 65.1 Å². The van der Waals surface area contributed by atoms with Crippen LogP contribution in [0.25, 0.3) is 11.0 Å². The fourth-order valence-electron chi connectivity index (χ4n) is 2.69. The van der Waals surface area contributed by atoms with Crippen molar-refractivity contribution in [1.82, 2.24) is 10.2 Å². The fraction of sp³-hybridized carbons (Fsp3) is 0.250. The van der Waals surface area contributed by atoms with Crippen LogP contribution >= 0.6 is 0 Å². The molecule has 0 spiro atoms. The number of hydrogen-bond acceptors (Lipinski definition) is 2. The highest BCUT2D eigenvalue weighted by Gasteiger charge is 2.22. The summed E-state index contributed by atoms with van der Waals surface area (Å²) < 4.78 is 5.87. The van der Waals surface area contributed by atoms with Gasteiger partial charge in [0.25, 0.3) is 0 Å². The summed E-state index contributed by atoms with van der Waals surface area (Å²) in [5.74, 6) is 0.779. The first-order chi connectivity index (χ1) is 11.6. The third-order valence-corrected chi connectivity index (χ3v) is 4.40. The molecule has 3 rings (SSSR count). The molecule has 2 unspecified atom stereocenters. The molecular weight excluding hydrogens is 300 g/mol. The number of fused-ring (bicyclic) bond motifs is 1. The van der Waals surface area contributed by atoms with Crippen molar-refractivity contribution < 1.29 is 9.21 Å². The number of nitrogens with zero attached hydrogens (tertiary/aromatic N) is 1. The summed E-state index contributed by atoms with van der Waals surface area (Å²) in [5, 5.41) is 4.07. The van der Waals surface area contributed by atoms with Gasteiger partial charge in [0.1, 0.15) is 11.3 Å². The maximum Gasteiger partial charge on any atom is 0.318 e. The minimum absolute atomic E-state index is 0.0518. The van der Waals surface area contributed by atoms with E-state index in [-0.39, 0.29) is 18.1 Å². The number of urea groups is 1. The number of benzene rings is 2. The van der Waals surface area contributed by atoms with Gasteiger partial charge in [-0.15, -0.1) is 0 Å². The van der Waals surface area contributed by atoms with Gasteiger partial charge in [-0.25, -0.2) is 4.79 Å². The van der Waals surface area contributed by atoms with Crippen LogP contribution in [0.2, 0.25) is 0 Å². The summed E-state index contributed by atoms with van der Waals surface area (Å²) >= 11 is 0. The molecule has 0 aliphatic rings. The lowest BCUT2D eigenvalue weighted by Crippen LogP contribution is -2.39. The minimum atomic E-state index is -0.152. The molecule has 1 N–H and O–H groups in total. The number of hydrogen-bond donors (Lipinski definition) is 1. The van der Waals surface area contributed by atoms with Gasteiger partial charge in [0.15, 0.2) is 0 Å². The first-order valence-electron chi connectivity index (χ1n) is 8.13. The molecule has 0 aliphatic carbocycles. The lowest BCUT2D eigenvalue weighted by molar-refractivity contribution is 0.185. The number of nitrogens with one attached hydrogen (secondary N) is 1. The fourth-order valence-corrected chi connectivity index (χ4v) is 2.69. The van der Waals surface area contributed by atoms with Gasteiger partial charge in [-0.1, -0.05) is 48.5 Å². The van der Waals surface area contributed by atoms with Crippen LogP contribution in [0, 0.1) is 0 Å². The zero-order chi connectivity index (χ0) is 17.1. The Morgan fingerprint density at radius 3 is 2.42 bits per heavy atom. The summed E-state index contributed by atoms with van der Waals surface area (Å²) in [6.07, 6.45) is 0.